The Labute approximate surface area is 180 Å². The van der Waals surface area contributed by atoms with E-state index in [1.54, 1.807) is 20.3 Å². The molecular weight excluding hydrogens is 452 g/mol. The largest absolute Gasteiger partial charge is 0.493 e. The predicted molar refractivity (Wildman–Crippen MR) is 121 cm³/mol. The number of methoxy groups -OCH3 is 2. The third-order valence-corrected chi connectivity index (χ3v) is 6.48. The first kappa shape index (κ1) is 19.7. The van der Waals surface area contributed by atoms with Gasteiger partial charge < -0.3 is 14.5 Å². The van der Waals surface area contributed by atoms with Crippen molar-refractivity contribution in [1.29, 1.82) is 0 Å². The molecule has 0 unspecified atom stereocenters. The molecule has 5 nitrogen and oxygen atoms in total. The molecule has 0 amide bonds. The van der Waals surface area contributed by atoms with Crippen LogP contribution in [0.15, 0.2) is 45.7 Å². The molecule has 7 heteroatoms. The Balaban J connectivity index is 1.93. The molecule has 0 saturated carbocycles. The first-order valence-electron chi connectivity index (χ1n) is 8.95. The highest BCUT2D eigenvalue weighted by Gasteiger charge is 2.19. The monoisotopic (exact) mass is 470 g/mol. The van der Waals surface area contributed by atoms with Gasteiger partial charge >= 0.3 is 0 Å². The number of benzene rings is 2. The van der Waals surface area contributed by atoms with Crippen molar-refractivity contribution in [2.75, 3.05) is 14.2 Å². The fraction of sp³-hybridized carbons (Fsp3) is 0.182. The second-order valence-corrected chi connectivity index (χ2v) is 8.74. The van der Waals surface area contributed by atoms with Gasteiger partial charge in [-0.25, -0.2) is 4.98 Å². The zero-order chi connectivity index (χ0) is 20.7. The summed E-state index contributed by atoms with van der Waals surface area (Å²) in [6.45, 7) is 4.06. The molecule has 148 valence electrons. The molecule has 2 heterocycles. The van der Waals surface area contributed by atoms with Gasteiger partial charge in [-0.1, -0.05) is 33.6 Å². The smallest absolute Gasteiger partial charge is 0.260 e. The number of aromatic nitrogens is 2. The molecule has 2 aromatic heterocycles. The normalized spacial score (nSPS) is 11.1. The third-order valence-electron chi connectivity index (χ3n) is 4.79. The molecular formula is C22H19BrN2O3S. The predicted octanol–water partition coefficient (Wildman–Crippen LogP) is 5.72. The number of H-pyrrole nitrogens is 1. The van der Waals surface area contributed by atoms with E-state index in [2.05, 4.69) is 27.0 Å². The van der Waals surface area contributed by atoms with E-state index < -0.39 is 0 Å². The standard InChI is InChI=1S/C22H19BrN2O3S/c1-11-5-7-15(23)14(9-11)18-12(2)29-22-19(18)21(26)24-20(25-22)13-6-8-16(27-3)17(10-13)28-4/h5-10H,1-4H3,(H,24,25,26). The second kappa shape index (κ2) is 7.65. The molecule has 0 radical (unpaired) electrons. The number of aromatic amines is 1. The Kier molecular flexibility index (Phi) is 5.19. The van der Waals surface area contributed by atoms with Crippen LogP contribution in [0.3, 0.4) is 0 Å². The van der Waals surface area contributed by atoms with Crippen LogP contribution in [0.5, 0.6) is 11.5 Å². The molecule has 0 aliphatic rings. The lowest BCUT2D eigenvalue weighted by Gasteiger charge is -2.09. The number of hydrogen-bond donors (Lipinski definition) is 1. The number of nitrogens with one attached hydrogen (secondary N) is 1. The van der Waals surface area contributed by atoms with Gasteiger partial charge in [-0.15, -0.1) is 11.3 Å². The Hall–Kier alpha value is -2.64. The minimum absolute atomic E-state index is 0.160. The average molecular weight is 471 g/mol. The number of hydrogen-bond acceptors (Lipinski definition) is 5. The molecule has 0 bridgehead atoms. The van der Waals surface area contributed by atoms with E-state index in [-0.39, 0.29) is 5.56 Å². The van der Waals surface area contributed by atoms with Crippen molar-refractivity contribution in [3.8, 4) is 34.0 Å². The van der Waals surface area contributed by atoms with Crippen LogP contribution in [0.25, 0.3) is 32.7 Å². The molecule has 2 aromatic carbocycles. The summed E-state index contributed by atoms with van der Waals surface area (Å²) in [5.74, 6) is 1.71. The topological polar surface area (TPSA) is 64.2 Å². The Morgan fingerprint density at radius 1 is 1.03 bits per heavy atom. The number of halogens is 1. The van der Waals surface area contributed by atoms with Crippen molar-refractivity contribution < 1.29 is 9.47 Å². The minimum atomic E-state index is -0.160. The van der Waals surface area contributed by atoms with Crippen LogP contribution in [0, 0.1) is 13.8 Å². The lowest BCUT2D eigenvalue weighted by Crippen LogP contribution is -2.09. The average Bonchev–Trinajstić information content (AvgIpc) is 3.05. The minimum Gasteiger partial charge on any atom is -0.493 e. The van der Waals surface area contributed by atoms with Crippen molar-refractivity contribution in [2.45, 2.75) is 13.8 Å². The van der Waals surface area contributed by atoms with Gasteiger partial charge in [-0.3, -0.25) is 4.79 Å². The van der Waals surface area contributed by atoms with Crippen molar-refractivity contribution in [1.82, 2.24) is 9.97 Å². The van der Waals surface area contributed by atoms with Gasteiger partial charge in [0.2, 0.25) is 0 Å². The highest BCUT2D eigenvalue weighted by molar-refractivity contribution is 9.10. The van der Waals surface area contributed by atoms with E-state index in [1.165, 1.54) is 11.3 Å². The Bertz CT molecular complexity index is 1290. The summed E-state index contributed by atoms with van der Waals surface area (Å²) in [5, 5.41) is 0.614. The van der Waals surface area contributed by atoms with Crippen LogP contribution < -0.4 is 15.0 Å². The number of thiophene rings is 1. The molecule has 0 aliphatic carbocycles. The summed E-state index contributed by atoms with van der Waals surface area (Å²) < 4.78 is 11.6. The van der Waals surface area contributed by atoms with Gasteiger partial charge in [0.25, 0.3) is 5.56 Å². The summed E-state index contributed by atoms with van der Waals surface area (Å²) in [7, 11) is 3.17. The van der Waals surface area contributed by atoms with Gasteiger partial charge in [0.1, 0.15) is 10.7 Å². The van der Waals surface area contributed by atoms with Crippen LogP contribution in [0.2, 0.25) is 0 Å². The summed E-state index contributed by atoms with van der Waals surface area (Å²) in [4.78, 5) is 22.5. The maximum absolute atomic E-state index is 13.1. The highest BCUT2D eigenvalue weighted by Crippen LogP contribution is 2.40. The Morgan fingerprint density at radius 3 is 2.52 bits per heavy atom. The summed E-state index contributed by atoms with van der Waals surface area (Å²) in [5.41, 5.74) is 3.65. The molecule has 29 heavy (non-hydrogen) atoms. The lowest BCUT2D eigenvalue weighted by atomic mass is 10.0. The molecule has 0 fully saturated rings. The molecule has 1 N–H and O–H groups in total. The van der Waals surface area contributed by atoms with Crippen LogP contribution in [0.4, 0.5) is 0 Å². The van der Waals surface area contributed by atoms with Crippen LogP contribution in [0.1, 0.15) is 10.4 Å². The van der Waals surface area contributed by atoms with Gasteiger partial charge in [0.05, 0.1) is 19.6 Å². The number of nitrogens with zero attached hydrogens (tertiary/aromatic N) is 1. The summed E-state index contributed by atoms with van der Waals surface area (Å²) in [6.07, 6.45) is 0. The first-order valence-corrected chi connectivity index (χ1v) is 10.6. The quantitative estimate of drug-likeness (QED) is 0.414. The lowest BCUT2D eigenvalue weighted by molar-refractivity contribution is 0.355. The number of rotatable bonds is 4. The van der Waals surface area contributed by atoms with E-state index in [4.69, 9.17) is 14.5 Å². The fourth-order valence-electron chi connectivity index (χ4n) is 3.39. The van der Waals surface area contributed by atoms with E-state index in [0.29, 0.717) is 27.5 Å². The van der Waals surface area contributed by atoms with Crippen LogP contribution in [-0.2, 0) is 0 Å². The van der Waals surface area contributed by atoms with Crippen LogP contribution >= 0.6 is 27.3 Å². The van der Waals surface area contributed by atoms with Crippen molar-refractivity contribution >= 4 is 37.5 Å². The zero-order valence-electron chi connectivity index (χ0n) is 16.4. The molecule has 0 atom stereocenters. The van der Waals surface area contributed by atoms with Gasteiger partial charge in [0, 0.05) is 20.5 Å². The van der Waals surface area contributed by atoms with E-state index in [0.717, 1.165) is 31.6 Å². The number of ether oxygens (including phenoxy) is 2. The molecule has 4 aromatic rings. The third kappa shape index (κ3) is 3.45. The summed E-state index contributed by atoms with van der Waals surface area (Å²) in [6, 6.07) is 11.6. The SMILES string of the molecule is COc1ccc(-c2nc3sc(C)c(-c4cc(C)ccc4Br)c3c(=O)[nH]2)cc1OC. The number of fused-ring (bicyclic) bond motifs is 1. The van der Waals surface area contributed by atoms with Gasteiger partial charge in [-0.05, 0) is 43.7 Å². The van der Waals surface area contributed by atoms with Crippen molar-refractivity contribution in [3.63, 3.8) is 0 Å². The second-order valence-electron chi connectivity index (χ2n) is 6.68. The molecule has 0 aliphatic heterocycles. The number of aryl methyl sites for hydroxylation is 2. The van der Waals surface area contributed by atoms with Crippen molar-refractivity contribution in [3.05, 3.63) is 61.7 Å². The van der Waals surface area contributed by atoms with Crippen LogP contribution in [-0.4, -0.2) is 24.2 Å². The Morgan fingerprint density at radius 2 is 1.79 bits per heavy atom. The fourth-order valence-corrected chi connectivity index (χ4v) is 4.88. The first-order chi connectivity index (χ1) is 13.9. The maximum Gasteiger partial charge on any atom is 0.260 e. The zero-order valence-corrected chi connectivity index (χ0v) is 18.8. The maximum atomic E-state index is 13.1. The molecule has 4 rings (SSSR count). The van der Waals surface area contributed by atoms with E-state index in [1.807, 2.05) is 38.1 Å². The molecule has 0 saturated heterocycles. The van der Waals surface area contributed by atoms with Crippen molar-refractivity contribution in [2.24, 2.45) is 0 Å². The van der Waals surface area contributed by atoms with Gasteiger partial charge in [-0.2, -0.15) is 0 Å². The molecule has 0 spiro atoms. The van der Waals surface area contributed by atoms with E-state index >= 15 is 0 Å². The van der Waals surface area contributed by atoms with Gasteiger partial charge in [0.15, 0.2) is 11.5 Å². The van der Waals surface area contributed by atoms with E-state index in [9.17, 15) is 4.79 Å². The summed E-state index contributed by atoms with van der Waals surface area (Å²) >= 11 is 5.14. The highest BCUT2D eigenvalue weighted by atomic mass is 79.9.